The molecule has 0 radical (unpaired) electrons. The molecule has 0 spiro atoms. The Morgan fingerprint density at radius 1 is 1.43 bits per heavy atom. The number of phosphoric acid groups is 1. The average Bonchev–Trinajstić information content (AvgIpc) is 2.94. The largest absolute Gasteiger partial charge is 0.469 e. The standard InChI is InChI=1S/C8H13N4O8P/c9-6(15)8-10-7(11-12-8)5-4(14)3(13)2(20-5)1-19-21(16,17)18/h2-5,13-14H,1H2,(H2,9,15)(H,10,11,12)(H2,16,17,18)/t2-,3-,4-,5-/m1/s1. The number of nitrogens with one attached hydrogen (secondary N) is 1. The summed E-state index contributed by atoms with van der Waals surface area (Å²) in [7, 11) is -4.73. The fourth-order valence-corrected chi connectivity index (χ4v) is 2.14. The van der Waals surface area contributed by atoms with E-state index in [-0.39, 0.29) is 11.6 Å². The van der Waals surface area contributed by atoms with E-state index in [1.807, 2.05) is 0 Å². The molecule has 1 aliphatic heterocycles. The normalized spacial score (nSPS) is 29.7. The third kappa shape index (κ3) is 3.63. The second-order valence-corrected chi connectivity index (χ2v) is 5.51. The Balaban J connectivity index is 2.08. The summed E-state index contributed by atoms with van der Waals surface area (Å²) in [4.78, 5) is 31.7. The van der Waals surface area contributed by atoms with Gasteiger partial charge in [-0.25, -0.2) is 9.55 Å². The van der Waals surface area contributed by atoms with Gasteiger partial charge >= 0.3 is 7.82 Å². The number of carbonyl (C=O) groups excluding carboxylic acids is 1. The maximum Gasteiger partial charge on any atom is 0.469 e. The van der Waals surface area contributed by atoms with Crippen molar-refractivity contribution in [3.05, 3.63) is 11.6 Å². The zero-order valence-corrected chi connectivity index (χ0v) is 11.3. The zero-order chi connectivity index (χ0) is 15.8. The number of aromatic amines is 1. The third-order valence-electron chi connectivity index (χ3n) is 2.76. The highest BCUT2D eigenvalue weighted by Gasteiger charge is 2.45. The molecule has 7 N–H and O–H groups in total. The van der Waals surface area contributed by atoms with Gasteiger partial charge in [0.2, 0.25) is 5.82 Å². The van der Waals surface area contributed by atoms with E-state index in [2.05, 4.69) is 19.7 Å². The van der Waals surface area contributed by atoms with Gasteiger partial charge in [-0.05, 0) is 0 Å². The highest BCUT2D eigenvalue weighted by molar-refractivity contribution is 7.46. The lowest BCUT2D eigenvalue weighted by Gasteiger charge is -2.14. The van der Waals surface area contributed by atoms with Gasteiger partial charge in [0.05, 0.1) is 6.61 Å². The smallest absolute Gasteiger partial charge is 0.387 e. The number of ether oxygens (including phenoxy) is 1. The van der Waals surface area contributed by atoms with Gasteiger partial charge in [-0.3, -0.25) is 14.4 Å². The summed E-state index contributed by atoms with van der Waals surface area (Å²) >= 11 is 0. The molecule has 2 rings (SSSR count). The van der Waals surface area contributed by atoms with Crippen molar-refractivity contribution >= 4 is 13.7 Å². The lowest BCUT2D eigenvalue weighted by molar-refractivity contribution is -0.0247. The number of aliphatic hydroxyl groups excluding tert-OH is 2. The first-order valence-corrected chi connectivity index (χ1v) is 7.16. The molecule has 1 aromatic rings. The summed E-state index contributed by atoms with van der Waals surface area (Å²) in [6.45, 7) is -0.643. The SMILES string of the molecule is NC(=O)c1n[nH]c([C@@H]2O[C@H](COP(=O)(O)O)[C@@H](O)[C@H]2O)n1. The number of aliphatic hydroxyl groups is 2. The second-order valence-electron chi connectivity index (χ2n) is 4.27. The number of primary amides is 1. The predicted octanol–water partition coefficient (Wildman–Crippen LogP) is -2.83. The molecule has 0 unspecified atom stereocenters. The number of hydrogen-bond acceptors (Lipinski definition) is 8. The quantitative estimate of drug-likeness (QED) is 0.306. The predicted molar refractivity (Wildman–Crippen MR) is 62.5 cm³/mol. The van der Waals surface area contributed by atoms with Crippen molar-refractivity contribution in [2.75, 3.05) is 6.61 Å². The molecule has 0 aliphatic carbocycles. The molecule has 1 aromatic heterocycles. The van der Waals surface area contributed by atoms with Gasteiger partial charge in [0.25, 0.3) is 5.91 Å². The number of aromatic nitrogens is 3. The molecule has 118 valence electrons. The fourth-order valence-electron chi connectivity index (χ4n) is 1.79. The van der Waals surface area contributed by atoms with Crippen LogP contribution in [0, 0.1) is 0 Å². The molecule has 1 fully saturated rings. The molecular weight excluding hydrogens is 311 g/mol. The summed E-state index contributed by atoms with van der Waals surface area (Å²) in [6.07, 6.45) is -5.29. The number of hydrogen-bond donors (Lipinski definition) is 6. The van der Waals surface area contributed by atoms with Crippen LogP contribution in [0.15, 0.2) is 0 Å². The van der Waals surface area contributed by atoms with Crippen LogP contribution in [-0.2, 0) is 13.8 Å². The van der Waals surface area contributed by atoms with Gasteiger partial charge < -0.3 is 30.5 Å². The van der Waals surface area contributed by atoms with Crippen molar-refractivity contribution in [3.63, 3.8) is 0 Å². The highest BCUT2D eigenvalue weighted by Crippen LogP contribution is 2.38. The van der Waals surface area contributed by atoms with Crippen LogP contribution in [0.25, 0.3) is 0 Å². The zero-order valence-electron chi connectivity index (χ0n) is 10.4. The van der Waals surface area contributed by atoms with Crippen LogP contribution in [0.4, 0.5) is 0 Å². The van der Waals surface area contributed by atoms with E-state index in [9.17, 15) is 19.6 Å². The summed E-state index contributed by atoms with van der Waals surface area (Å²) in [5, 5.41) is 25.4. The summed E-state index contributed by atoms with van der Waals surface area (Å²) in [5.74, 6) is -1.29. The van der Waals surface area contributed by atoms with Crippen LogP contribution >= 0.6 is 7.82 Å². The van der Waals surface area contributed by atoms with E-state index in [4.69, 9.17) is 20.3 Å². The minimum absolute atomic E-state index is 0.0611. The molecule has 1 saturated heterocycles. The van der Waals surface area contributed by atoms with E-state index < -0.39 is 44.8 Å². The minimum atomic E-state index is -4.73. The lowest BCUT2D eigenvalue weighted by atomic mass is 10.1. The van der Waals surface area contributed by atoms with Gasteiger partial charge in [-0.1, -0.05) is 0 Å². The van der Waals surface area contributed by atoms with E-state index in [1.165, 1.54) is 0 Å². The first-order chi connectivity index (χ1) is 9.69. The van der Waals surface area contributed by atoms with E-state index in [0.717, 1.165) is 0 Å². The molecule has 4 atom stereocenters. The summed E-state index contributed by atoms with van der Waals surface area (Å²) in [6, 6.07) is 0. The third-order valence-corrected chi connectivity index (χ3v) is 3.25. The van der Waals surface area contributed by atoms with Gasteiger partial charge in [-0.15, -0.1) is 5.10 Å². The van der Waals surface area contributed by atoms with Crippen LogP contribution in [0.3, 0.4) is 0 Å². The Hall–Kier alpha value is -1.40. The van der Waals surface area contributed by atoms with Crippen LogP contribution in [0.2, 0.25) is 0 Å². The summed E-state index contributed by atoms with van der Waals surface area (Å²) in [5.41, 5.74) is 4.97. The van der Waals surface area contributed by atoms with Crippen molar-refractivity contribution in [1.29, 1.82) is 0 Å². The first-order valence-electron chi connectivity index (χ1n) is 5.63. The lowest BCUT2D eigenvalue weighted by Crippen LogP contribution is -2.33. The maximum atomic E-state index is 10.9. The van der Waals surface area contributed by atoms with Gasteiger partial charge in [0.15, 0.2) is 5.82 Å². The number of amides is 1. The summed E-state index contributed by atoms with van der Waals surface area (Å²) < 4.78 is 20.0. The van der Waals surface area contributed by atoms with E-state index >= 15 is 0 Å². The molecule has 0 aromatic carbocycles. The van der Waals surface area contributed by atoms with Crippen LogP contribution in [0.1, 0.15) is 22.5 Å². The van der Waals surface area contributed by atoms with Crippen LogP contribution < -0.4 is 5.73 Å². The highest BCUT2D eigenvalue weighted by atomic mass is 31.2. The number of H-pyrrole nitrogens is 1. The van der Waals surface area contributed by atoms with Crippen molar-refractivity contribution in [1.82, 2.24) is 15.2 Å². The molecule has 21 heavy (non-hydrogen) atoms. The van der Waals surface area contributed by atoms with Crippen molar-refractivity contribution in [2.24, 2.45) is 5.73 Å². The van der Waals surface area contributed by atoms with Crippen molar-refractivity contribution in [3.8, 4) is 0 Å². The fraction of sp³-hybridized carbons (Fsp3) is 0.625. The Morgan fingerprint density at radius 3 is 2.62 bits per heavy atom. The first kappa shape index (κ1) is 16.0. The van der Waals surface area contributed by atoms with E-state index in [1.54, 1.807) is 0 Å². The molecule has 0 bridgehead atoms. The average molecular weight is 324 g/mol. The molecule has 0 saturated carbocycles. The van der Waals surface area contributed by atoms with E-state index in [0.29, 0.717) is 0 Å². The molecular formula is C8H13N4O8P. The number of nitrogens with two attached hydrogens (primary N) is 1. The number of nitrogens with zero attached hydrogens (tertiary/aromatic N) is 2. The number of phosphoric ester groups is 1. The second kappa shape index (κ2) is 5.77. The number of rotatable bonds is 5. The molecule has 13 heteroatoms. The Bertz CT molecular complexity index is 572. The minimum Gasteiger partial charge on any atom is -0.387 e. The number of carbonyl (C=O) groups is 1. The molecule has 2 heterocycles. The van der Waals surface area contributed by atoms with Gasteiger partial charge in [0, 0.05) is 0 Å². The topological polar surface area (TPSA) is 201 Å². The maximum absolute atomic E-state index is 10.9. The Kier molecular flexibility index (Phi) is 4.39. The van der Waals surface area contributed by atoms with Crippen molar-refractivity contribution < 1.29 is 38.6 Å². The van der Waals surface area contributed by atoms with Crippen LogP contribution in [-0.4, -0.2) is 66.0 Å². The Labute approximate surface area is 117 Å². The van der Waals surface area contributed by atoms with Gasteiger partial charge in [0.1, 0.15) is 24.4 Å². The monoisotopic (exact) mass is 324 g/mol. The molecule has 1 amide bonds. The van der Waals surface area contributed by atoms with Gasteiger partial charge in [-0.2, -0.15) is 0 Å². The Morgan fingerprint density at radius 2 is 2.10 bits per heavy atom. The molecule has 12 nitrogen and oxygen atoms in total. The van der Waals surface area contributed by atoms with Crippen LogP contribution in [0.5, 0.6) is 0 Å². The molecule has 1 aliphatic rings. The van der Waals surface area contributed by atoms with Crippen molar-refractivity contribution in [2.45, 2.75) is 24.4 Å².